The summed E-state index contributed by atoms with van der Waals surface area (Å²) >= 11 is 0. The van der Waals surface area contributed by atoms with Crippen LogP contribution in [0.15, 0.2) is 79.4 Å². The summed E-state index contributed by atoms with van der Waals surface area (Å²) in [6, 6.07) is 14.1. The monoisotopic (exact) mass is 408 g/mol. The molecule has 0 aliphatic rings. The number of hydrogen-bond acceptors (Lipinski definition) is 1. The average Bonchev–Trinajstić information content (AvgIpc) is 2.77. The zero-order chi connectivity index (χ0) is 21.5. The van der Waals surface area contributed by atoms with E-state index in [2.05, 4.69) is 6.58 Å². The molecule has 3 rings (SSSR count). The summed E-state index contributed by atoms with van der Waals surface area (Å²) in [7, 11) is 0. The zero-order valence-electron chi connectivity index (χ0n) is 16.8. The first-order chi connectivity index (χ1) is 14.5. The van der Waals surface area contributed by atoms with Crippen molar-refractivity contribution in [1.82, 2.24) is 0 Å². The molecule has 0 saturated carbocycles. The van der Waals surface area contributed by atoms with Gasteiger partial charge in [-0.25, -0.2) is 13.2 Å². The van der Waals surface area contributed by atoms with E-state index in [-0.39, 0.29) is 10.9 Å². The van der Waals surface area contributed by atoms with Crippen LogP contribution in [0, 0.1) is 5.82 Å². The van der Waals surface area contributed by atoms with E-state index in [4.69, 9.17) is 4.74 Å². The van der Waals surface area contributed by atoms with Crippen molar-refractivity contribution < 1.29 is 17.9 Å². The Morgan fingerprint density at radius 1 is 1.00 bits per heavy atom. The smallest absolute Gasteiger partial charge is 0.169 e. The second-order valence-corrected chi connectivity index (χ2v) is 6.84. The summed E-state index contributed by atoms with van der Waals surface area (Å²) in [5.41, 5.74) is 0.697. The molecule has 0 aliphatic heterocycles. The van der Waals surface area contributed by atoms with Crippen molar-refractivity contribution in [3.63, 3.8) is 0 Å². The van der Waals surface area contributed by atoms with Gasteiger partial charge in [0.15, 0.2) is 11.7 Å². The lowest BCUT2D eigenvalue weighted by Gasteiger charge is -2.09. The Labute approximate surface area is 174 Å². The lowest BCUT2D eigenvalue weighted by Crippen LogP contribution is -1.94. The standard InChI is InChI=1S/C26H23F3O/c1-3-5-6-7-18-8-10-19(11-9-18)24(27)26(29)23-14-12-20-17-21(30-16-4-2)13-15-22(20)25(23)28/h3-5,8-15,17H,2,6-7,16H2,1H3/b5-3+,26-24?. The molecule has 3 aromatic rings. The van der Waals surface area contributed by atoms with Crippen LogP contribution < -0.4 is 4.74 Å². The van der Waals surface area contributed by atoms with Gasteiger partial charge in [-0.15, -0.1) is 0 Å². The van der Waals surface area contributed by atoms with Gasteiger partial charge in [0.05, 0.1) is 0 Å². The number of hydrogen-bond donors (Lipinski definition) is 0. The normalized spacial score (nSPS) is 12.3. The van der Waals surface area contributed by atoms with Gasteiger partial charge in [-0.3, -0.25) is 0 Å². The van der Waals surface area contributed by atoms with E-state index in [0.717, 1.165) is 18.4 Å². The molecule has 0 aliphatic carbocycles. The molecule has 0 atom stereocenters. The van der Waals surface area contributed by atoms with E-state index < -0.39 is 23.0 Å². The lowest BCUT2D eigenvalue weighted by atomic mass is 10.0. The van der Waals surface area contributed by atoms with Crippen LogP contribution in [-0.4, -0.2) is 6.61 Å². The Kier molecular flexibility index (Phi) is 7.12. The topological polar surface area (TPSA) is 9.23 Å². The second-order valence-electron chi connectivity index (χ2n) is 6.84. The van der Waals surface area contributed by atoms with Crippen LogP contribution >= 0.6 is 0 Å². The first-order valence-electron chi connectivity index (χ1n) is 9.77. The first kappa shape index (κ1) is 21.4. The predicted molar refractivity (Wildman–Crippen MR) is 118 cm³/mol. The highest BCUT2D eigenvalue weighted by molar-refractivity contribution is 5.91. The van der Waals surface area contributed by atoms with Gasteiger partial charge in [-0.2, -0.15) is 0 Å². The molecule has 1 nitrogen and oxygen atoms in total. The van der Waals surface area contributed by atoms with Gasteiger partial charge in [-0.05, 0) is 55.0 Å². The molecule has 0 N–H and O–H groups in total. The molecule has 0 aromatic heterocycles. The molecule has 30 heavy (non-hydrogen) atoms. The first-order valence-corrected chi connectivity index (χ1v) is 9.77. The fourth-order valence-corrected chi connectivity index (χ4v) is 3.16. The molecule has 0 spiro atoms. The number of halogens is 3. The molecule has 0 amide bonds. The maximum absolute atomic E-state index is 14.9. The quantitative estimate of drug-likeness (QED) is 0.273. The summed E-state index contributed by atoms with van der Waals surface area (Å²) < 4.78 is 49.9. The fourth-order valence-electron chi connectivity index (χ4n) is 3.16. The van der Waals surface area contributed by atoms with Crippen molar-refractivity contribution >= 4 is 22.4 Å². The molecule has 4 heteroatoms. The maximum atomic E-state index is 14.9. The minimum absolute atomic E-state index is 0.0787. The summed E-state index contributed by atoms with van der Waals surface area (Å²) in [6.45, 7) is 5.85. The van der Waals surface area contributed by atoms with Gasteiger partial charge in [0.25, 0.3) is 0 Å². The number of fused-ring (bicyclic) bond motifs is 1. The number of benzene rings is 3. The fraction of sp³-hybridized carbons (Fsp3) is 0.154. The Hall–Kier alpha value is -3.27. The number of aryl methyl sites for hydroxylation is 1. The number of rotatable bonds is 8. The van der Waals surface area contributed by atoms with Gasteiger partial charge in [-0.1, -0.05) is 55.1 Å². The van der Waals surface area contributed by atoms with Crippen molar-refractivity contribution in [2.75, 3.05) is 6.61 Å². The van der Waals surface area contributed by atoms with E-state index in [1.807, 2.05) is 19.1 Å². The Morgan fingerprint density at radius 2 is 1.77 bits per heavy atom. The molecular weight excluding hydrogens is 385 g/mol. The number of ether oxygens (including phenoxy) is 1. The minimum Gasteiger partial charge on any atom is -0.490 e. The Balaban J connectivity index is 1.90. The third-order valence-corrected chi connectivity index (χ3v) is 4.77. The van der Waals surface area contributed by atoms with Crippen LogP contribution in [0.5, 0.6) is 5.75 Å². The van der Waals surface area contributed by atoms with Gasteiger partial charge in [0.1, 0.15) is 18.2 Å². The lowest BCUT2D eigenvalue weighted by molar-refractivity contribution is 0.364. The number of allylic oxidation sites excluding steroid dienone is 2. The highest BCUT2D eigenvalue weighted by Gasteiger charge is 2.17. The van der Waals surface area contributed by atoms with Crippen LogP contribution in [0.25, 0.3) is 22.4 Å². The van der Waals surface area contributed by atoms with E-state index in [1.54, 1.807) is 36.4 Å². The molecule has 0 saturated heterocycles. The average molecular weight is 408 g/mol. The SMILES string of the molecule is C=CCOc1ccc2c(F)c(C(F)=C(F)c3ccc(CC/C=C/C)cc3)ccc2c1. The summed E-state index contributed by atoms with van der Waals surface area (Å²) in [6.07, 6.45) is 7.32. The largest absolute Gasteiger partial charge is 0.490 e. The molecular formula is C26H23F3O. The summed E-state index contributed by atoms with van der Waals surface area (Å²) in [5.74, 6) is -2.56. The molecule has 0 heterocycles. The van der Waals surface area contributed by atoms with Crippen LogP contribution in [0.1, 0.15) is 30.0 Å². The Morgan fingerprint density at radius 3 is 2.47 bits per heavy atom. The summed E-state index contributed by atoms with van der Waals surface area (Å²) in [4.78, 5) is 0. The Bertz CT molecular complexity index is 1100. The zero-order valence-corrected chi connectivity index (χ0v) is 16.8. The van der Waals surface area contributed by atoms with Crippen molar-refractivity contribution in [2.45, 2.75) is 19.8 Å². The van der Waals surface area contributed by atoms with Crippen LogP contribution in [0.3, 0.4) is 0 Å². The molecule has 0 radical (unpaired) electrons. The van der Waals surface area contributed by atoms with Gasteiger partial charge in [0.2, 0.25) is 0 Å². The van der Waals surface area contributed by atoms with Gasteiger partial charge < -0.3 is 4.74 Å². The van der Waals surface area contributed by atoms with E-state index in [9.17, 15) is 13.2 Å². The second kappa shape index (κ2) is 9.97. The third kappa shape index (κ3) is 4.82. The van der Waals surface area contributed by atoms with Crippen molar-refractivity contribution in [2.24, 2.45) is 0 Å². The van der Waals surface area contributed by atoms with Crippen molar-refractivity contribution in [3.8, 4) is 5.75 Å². The summed E-state index contributed by atoms with van der Waals surface area (Å²) in [5, 5.41) is 0.734. The van der Waals surface area contributed by atoms with Crippen LogP contribution in [0.2, 0.25) is 0 Å². The molecule has 0 unspecified atom stereocenters. The van der Waals surface area contributed by atoms with Gasteiger partial charge in [0, 0.05) is 16.5 Å². The predicted octanol–water partition coefficient (Wildman–Crippen LogP) is 7.82. The van der Waals surface area contributed by atoms with Crippen LogP contribution in [-0.2, 0) is 6.42 Å². The van der Waals surface area contributed by atoms with Crippen molar-refractivity contribution in [3.05, 3.63) is 102 Å². The van der Waals surface area contributed by atoms with Gasteiger partial charge >= 0.3 is 0 Å². The maximum Gasteiger partial charge on any atom is 0.169 e. The molecule has 0 bridgehead atoms. The minimum atomic E-state index is -1.22. The highest BCUT2D eigenvalue weighted by Crippen LogP contribution is 2.34. The van der Waals surface area contributed by atoms with E-state index in [1.165, 1.54) is 24.3 Å². The molecule has 0 fully saturated rings. The highest BCUT2D eigenvalue weighted by atomic mass is 19.2. The molecule has 154 valence electrons. The third-order valence-electron chi connectivity index (χ3n) is 4.77. The molecule has 3 aromatic carbocycles. The van der Waals surface area contributed by atoms with Crippen molar-refractivity contribution in [1.29, 1.82) is 0 Å². The van der Waals surface area contributed by atoms with E-state index >= 15 is 0 Å². The van der Waals surface area contributed by atoms with E-state index in [0.29, 0.717) is 17.7 Å². The van der Waals surface area contributed by atoms with Crippen LogP contribution in [0.4, 0.5) is 13.2 Å².